The van der Waals surface area contributed by atoms with Crippen LogP contribution in [0.5, 0.6) is 0 Å². The molecule has 13 heavy (non-hydrogen) atoms. The zero-order valence-corrected chi connectivity index (χ0v) is 8.92. The van der Waals surface area contributed by atoms with Crippen LogP contribution in [0.2, 0.25) is 0 Å². The molecule has 0 atom stereocenters. The van der Waals surface area contributed by atoms with E-state index in [9.17, 15) is 8.42 Å². The summed E-state index contributed by atoms with van der Waals surface area (Å²) in [5, 5.41) is 0. The summed E-state index contributed by atoms with van der Waals surface area (Å²) in [7, 11) is -3.20. The van der Waals surface area contributed by atoms with Gasteiger partial charge in [0.2, 0.25) is 0 Å². The third-order valence-corrected chi connectivity index (χ3v) is 4.36. The average Bonchev–Trinajstić information content (AvgIpc) is 2.28. The number of hydrogen-bond donors (Lipinski definition) is 1. The molecule has 0 amide bonds. The van der Waals surface area contributed by atoms with E-state index in [1.54, 1.807) is 0 Å². The van der Waals surface area contributed by atoms with Crippen molar-refractivity contribution in [2.24, 2.45) is 5.73 Å². The molecule has 0 radical (unpaired) electrons. The zero-order chi connectivity index (χ0) is 10.1. The summed E-state index contributed by atoms with van der Waals surface area (Å²) in [6, 6.07) is 0.0350. The maximum absolute atomic E-state index is 11.7. The minimum absolute atomic E-state index is 0.0350. The fourth-order valence-corrected chi connectivity index (χ4v) is 3.28. The van der Waals surface area contributed by atoms with Gasteiger partial charge in [0.1, 0.15) is 0 Å². The van der Waals surface area contributed by atoms with Gasteiger partial charge in [-0.25, -0.2) is 0 Å². The lowest BCUT2D eigenvalue weighted by Crippen LogP contribution is -2.38. The fourth-order valence-electron chi connectivity index (χ4n) is 1.48. The van der Waals surface area contributed by atoms with Crippen molar-refractivity contribution in [3.8, 4) is 0 Å². The summed E-state index contributed by atoms with van der Waals surface area (Å²) in [6.45, 7) is 5.71. The van der Waals surface area contributed by atoms with Crippen LogP contribution in [0.4, 0.5) is 0 Å². The molecule has 0 saturated carbocycles. The lowest BCUT2D eigenvalue weighted by Gasteiger charge is -2.20. The summed E-state index contributed by atoms with van der Waals surface area (Å²) in [5.74, 6) is 0. The minimum atomic E-state index is -3.20. The van der Waals surface area contributed by atoms with Gasteiger partial charge >= 0.3 is 0 Å². The molecule has 0 aromatic heterocycles. The summed E-state index contributed by atoms with van der Waals surface area (Å²) < 4.78 is 26.4. The SMILES string of the molecule is CC(C)N1CCN(CCN)S1(=O)=O. The Hall–Kier alpha value is -0.170. The van der Waals surface area contributed by atoms with E-state index in [0.717, 1.165) is 0 Å². The molecular formula is C7H17N3O2S. The average molecular weight is 207 g/mol. The van der Waals surface area contributed by atoms with E-state index in [-0.39, 0.29) is 6.04 Å². The monoisotopic (exact) mass is 207 g/mol. The van der Waals surface area contributed by atoms with Crippen LogP contribution in [0.25, 0.3) is 0 Å². The van der Waals surface area contributed by atoms with Crippen molar-refractivity contribution in [2.45, 2.75) is 19.9 Å². The number of rotatable bonds is 3. The molecule has 1 fully saturated rings. The molecule has 5 nitrogen and oxygen atoms in total. The minimum Gasteiger partial charge on any atom is -0.329 e. The highest BCUT2D eigenvalue weighted by atomic mass is 32.2. The quantitative estimate of drug-likeness (QED) is 0.660. The maximum Gasteiger partial charge on any atom is 0.282 e. The first-order chi connectivity index (χ1) is 6.00. The van der Waals surface area contributed by atoms with Crippen molar-refractivity contribution in [3.63, 3.8) is 0 Å². The number of hydrogen-bond acceptors (Lipinski definition) is 3. The van der Waals surface area contributed by atoms with Gasteiger partial charge in [-0.15, -0.1) is 0 Å². The molecule has 1 aliphatic rings. The van der Waals surface area contributed by atoms with Gasteiger partial charge in [0.05, 0.1) is 0 Å². The fraction of sp³-hybridized carbons (Fsp3) is 1.00. The van der Waals surface area contributed by atoms with E-state index in [1.165, 1.54) is 8.61 Å². The molecule has 0 aromatic carbocycles. The van der Waals surface area contributed by atoms with Gasteiger partial charge in [0, 0.05) is 32.2 Å². The van der Waals surface area contributed by atoms with Crippen molar-refractivity contribution in [1.82, 2.24) is 8.61 Å². The van der Waals surface area contributed by atoms with Gasteiger partial charge in [-0.3, -0.25) is 0 Å². The normalized spacial score (nSPS) is 24.3. The van der Waals surface area contributed by atoms with Crippen LogP contribution in [0, 0.1) is 0 Å². The Bertz CT molecular complexity index is 263. The van der Waals surface area contributed by atoms with Gasteiger partial charge in [-0.1, -0.05) is 0 Å². The topological polar surface area (TPSA) is 66.6 Å². The van der Waals surface area contributed by atoms with Gasteiger partial charge in [-0.05, 0) is 13.8 Å². The Morgan fingerprint density at radius 3 is 2.38 bits per heavy atom. The van der Waals surface area contributed by atoms with Gasteiger partial charge in [0.25, 0.3) is 10.2 Å². The van der Waals surface area contributed by atoms with Gasteiger partial charge in [-0.2, -0.15) is 17.0 Å². The van der Waals surface area contributed by atoms with E-state index in [4.69, 9.17) is 5.73 Å². The second-order valence-electron chi connectivity index (χ2n) is 3.40. The second-order valence-corrected chi connectivity index (χ2v) is 5.28. The first-order valence-electron chi connectivity index (χ1n) is 4.47. The lowest BCUT2D eigenvalue weighted by molar-refractivity contribution is 0.387. The largest absolute Gasteiger partial charge is 0.329 e. The molecule has 0 spiro atoms. The summed E-state index contributed by atoms with van der Waals surface area (Å²) in [6.07, 6.45) is 0. The molecule has 1 heterocycles. The van der Waals surface area contributed by atoms with Crippen LogP contribution >= 0.6 is 0 Å². The number of nitrogens with zero attached hydrogens (tertiary/aromatic N) is 2. The smallest absolute Gasteiger partial charge is 0.282 e. The van der Waals surface area contributed by atoms with E-state index >= 15 is 0 Å². The van der Waals surface area contributed by atoms with Crippen molar-refractivity contribution >= 4 is 10.2 Å². The molecule has 1 rings (SSSR count). The Kier molecular flexibility index (Phi) is 3.28. The second kappa shape index (κ2) is 3.91. The van der Waals surface area contributed by atoms with E-state index < -0.39 is 10.2 Å². The first-order valence-corrected chi connectivity index (χ1v) is 5.87. The Morgan fingerprint density at radius 2 is 2.00 bits per heavy atom. The molecule has 0 bridgehead atoms. The highest BCUT2D eigenvalue weighted by Crippen LogP contribution is 2.18. The predicted octanol–water partition coefficient (Wildman–Crippen LogP) is -0.784. The first kappa shape index (κ1) is 10.9. The van der Waals surface area contributed by atoms with Gasteiger partial charge in [0.15, 0.2) is 0 Å². The van der Waals surface area contributed by atoms with Gasteiger partial charge < -0.3 is 5.73 Å². The van der Waals surface area contributed by atoms with Crippen LogP contribution < -0.4 is 5.73 Å². The molecule has 1 aliphatic heterocycles. The highest BCUT2D eigenvalue weighted by Gasteiger charge is 2.37. The summed E-state index contributed by atoms with van der Waals surface area (Å²) in [5.41, 5.74) is 5.33. The van der Waals surface area contributed by atoms with Crippen molar-refractivity contribution in [3.05, 3.63) is 0 Å². The molecule has 0 aromatic rings. The third kappa shape index (κ3) is 2.01. The van der Waals surface area contributed by atoms with Crippen LogP contribution in [0.3, 0.4) is 0 Å². The molecular weight excluding hydrogens is 190 g/mol. The molecule has 0 unspecified atom stereocenters. The Morgan fingerprint density at radius 1 is 1.38 bits per heavy atom. The Labute approximate surface area is 79.7 Å². The summed E-state index contributed by atoms with van der Waals surface area (Å²) >= 11 is 0. The van der Waals surface area contributed by atoms with Crippen molar-refractivity contribution in [2.75, 3.05) is 26.2 Å². The molecule has 6 heteroatoms. The van der Waals surface area contributed by atoms with E-state index in [2.05, 4.69) is 0 Å². The highest BCUT2D eigenvalue weighted by molar-refractivity contribution is 7.87. The zero-order valence-electron chi connectivity index (χ0n) is 8.10. The number of nitrogens with two attached hydrogens (primary N) is 1. The third-order valence-electron chi connectivity index (χ3n) is 2.15. The lowest BCUT2D eigenvalue weighted by atomic mass is 10.4. The summed E-state index contributed by atoms with van der Waals surface area (Å²) in [4.78, 5) is 0. The van der Waals surface area contributed by atoms with Crippen molar-refractivity contribution in [1.29, 1.82) is 0 Å². The maximum atomic E-state index is 11.7. The predicted molar refractivity (Wildman–Crippen MR) is 51.4 cm³/mol. The van der Waals surface area contributed by atoms with Crippen LogP contribution in [-0.2, 0) is 10.2 Å². The standard InChI is InChI=1S/C7H17N3O2S/c1-7(2)10-6-5-9(4-3-8)13(10,11)12/h7H,3-6,8H2,1-2H3. The Balaban J connectivity index is 2.77. The van der Waals surface area contributed by atoms with E-state index in [1.807, 2.05) is 13.8 Å². The van der Waals surface area contributed by atoms with Crippen LogP contribution in [0.15, 0.2) is 0 Å². The van der Waals surface area contributed by atoms with Crippen LogP contribution in [-0.4, -0.2) is 49.2 Å². The molecule has 2 N–H and O–H groups in total. The van der Waals surface area contributed by atoms with Crippen molar-refractivity contribution < 1.29 is 8.42 Å². The van der Waals surface area contributed by atoms with Crippen LogP contribution in [0.1, 0.15) is 13.8 Å². The molecule has 0 aliphatic carbocycles. The molecule has 1 saturated heterocycles. The molecule has 78 valence electrons. The van der Waals surface area contributed by atoms with E-state index in [0.29, 0.717) is 26.2 Å².